The van der Waals surface area contributed by atoms with Crippen molar-refractivity contribution < 1.29 is 42.1 Å². The number of ether oxygens (including phenoxy) is 2. The number of hydrogen-bond acceptors (Lipinski definition) is 8. The van der Waals surface area contributed by atoms with E-state index in [1.165, 1.54) is 161 Å². The highest BCUT2D eigenvalue weighted by Gasteiger charge is 2.21. The van der Waals surface area contributed by atoms with Crippen LogP contribution < -0.4 is 4.89 Å². The summed E-state index contributed by atoms with van der Waals surface area (Å²) in [4.78, 5) is 37.7. The number of nitrogens with zero attached hydrogens (tertiary/aromatic N) is 1. The van der Waals surface area contributed by atoms with Crippen molar-refractivity contribution in [3.05, 3.63) is 36.5 Å². The van der Waals surface area contributed by atoms with Crippen LogP contribution in [-0.2, 0) is 32.7 Å². The molecule has 0 rings (SSSR count). The third-order valence-electron chi connectivity index (χ3n) is 11.9. The molecule has 0 amide bonds. The van der Waals surface area contributed by atoms with Crippen molar-refractivity contribution in [2.24, 2.45) is 0 Å². The van der Waals surface area contributed by atoms with Crippen molar-refractivity contribution in [3.63, 3.8) is 0 Å². The van der Waals surface area contributed by atoms with E-state index in [0.29, 0.717) is 17.4 Å². The van der Waals surface area contributed by atoms with Gasteiger partial charge >= 0.3 is 11.9 Å². The number of carbonyl (C=O) groups excluding carboxylic acids is 2. The average molecular weight is 938 g/mol. The van der Waals surface area contributed by atoms with Gasteiger partial charge in [-0.2, -0.15) is 0 Å². The van der Waals surface area contributed by atoms with Gasteiger partial charge in [0.2, 0.25) is 0 Å². The fourth-order valence-corrected chi connectivity index (χ4v) is 8.46. The second kappa shape index (κ2) is 47.3. The van der Waals surface area contributed by atoms with Crippen LogP contribution in [0.15, 0.2) is 36.5 Å². The molecule has 0 saturated carbocycles. The normalized spacial score (nSPS) is 13.6. The van der Waals surface area contributed by atoms with Gasteiger partial charge in [0.05, 0.1) is 27.7 Å². The fourth-order valence-electron chi connectivity index (χ4n) is 7.73. The molecule has 382 valence electrons. The third-order valence-corrected chi connectivity index (χ3v) is 12.9. The minimum absolute atomic E-state index is 0.0358. The molecule has 0 aromatic rings. The standard InChI is InChI=1S/C55H104NO8P/c1-6-8-10-12-14-16-18-20-21-22-23-24-25-26-27-28-29-30-31-32-33-34-36-37-39-41-43-45-47-54(57)61-51-53(52-63-65(59,60)62-50-49-56(3,4)5)64-55(58)48-46-44-42-40-38-35-19-17-15-13-11-9-7-2/h9,11,15,17,35,38,53H,6-8,10,12-14,16,18-34,36-37,39-52H2,1-5H3/b11-9-,17-15-,38-35-. The Hall–Kier alpha value is -1.77. The van der Waals surface area contributed by atoms with Gasteiger partial charge in [-0.05, 0) is 44.9 Å². The van der Waals surface area contributed by atoms with Crippen molar-refractivity contribution in [2.45, 2.75) is 258 Å². The van der Waals surface area contributed by atoms with Crippen LogP contribution in [0.4, 0.5) is 0 Å². The summed E-state index contributed by atoms with van der Waals surface area (Å²) in [5, 5.41) is 0. The van der Waals surface area contributed by atoms with Gasteiger partial charge in [0, 0.05) is 12.8 Å². The lowest BCUT2D eigenvalue weighted by Crippen LogP contribution is -2.37. The van der Waals surface area contributed by atoms with Crippen LogP contribution in [0.3, 0.4) is 0 Å². The second-order valence-electron chi connectivity index (χ2n) is 19.6. The molecule has 2 unspecified atom stereocenters. The first-order valence-electron chi connectivity index (χ1n) is 27.2. The number of hydrogen-bond donors (Lipinski definition) is 0. The maximum atomic E-state index is 12.7. The van der Waals surface area contributed by atoms with Crippen LogP contribution >= 0.6 is 7.82 Å². The van der Waals surface area contributed by atoms with E-state index >= 15 is 0 Å². The molecule has 10 heteroatoms. The van der Waals surface area contributed by atoms with Crippen LogP contribution in [0.1, 0.15) is 251 Å². The number of carbonyl (C=O) groups is 2. The molecular formula is C55H104NO8P. The highest BCUT2D eigenvalue weighted by atomic mass is 31.2. The molecule has 0 aliphatic heterocycles. The molecule has 0 aromatic heterocycles. The number of allylic oxidation sites excluding steroid dienone is 6. The first kappa shape index (κ1) is 63.2. The minimum Gasteiger partial charge on any atom is -0.756 e. The number of likely N-dealkylation sites (N-methyl/N-ethyl adjacent to an activating group) is 1. The van der Waals surface area contributed by atoms with E-state index in [0.717, 1.165) is 57.8 Å². The Labute approximate surface area is 401 Å². The molecule has 0 aromatic carbocycles. The molecule has 0 saturated heterocycles. The van der Waals surface area contributed by atoms with Crippen molar-refractivity contribution >= 4 is 19.8 Å². The molecule has 0 aliphatic carbocycles. The Morgan fingerprint density at radius 2 is 0.877 bits per heavy atom. The monoisotopic (exact) mass is 938 g/mol. The first-order valence-corrected chi connectivity index (χ1v) is 28.7. The summed E-state index contributed by atoms with van der Waals surface area (Å²) >= 11 is 0. The molecule has 0 radical (unpaired) electrons. The Kier molecular flexibility index (Phi) is 46.0. The summed E-state index contributed by atoms with van der Waals surface area (Å²) in [7, 11) is 1.15. The van der Waals surface area contributed by atoms with Gasteiger partial charge in [-0.3, -0.25) is 14.2 Å². The Balaban J connectivity index is 4.05. The highest BCUT2D eigenvalue weighted by Crippen LogP contribution is 2.38. The van der Waals surface area contributed by atoms with Gasteiger partial charge in [0.15, 0.2) is 6.10 Å². The summed E-state index contributed by atoms with van der Waals surface area (Å²) < 4.78 is 34.0. The van der Waals surface area contributed by atoms with Gasteiger partial charge in [0.25, 0.3) is 7.82 Å². The van der Waals surface area contributed by atoms with Gasteiger partial charge in [-0.1, -0.05) is 230 Å². The zero-order valence-corrected chi connectivity index (χ0v) is 44.1. The lowest BCUT2D eigenvalue weighted by atomic mass is 10.0. The number of rotatable bonds is 50. The van der Waals surface area contributed by atoms with E-state index in [9.17, 15) is 19.0 Å². The topological polar surface area (TPSA) is 111 Å². The summed E-state index contributed by atoms with van der Waals surface area (Å²) in [5.41, 5.74) is 0. The molecule has 0 heterocycles. The molecule has 0 fully saturated rings. The highest BCUT2D eigenvalue weighted by molar-refractivity contribution is 7.45. The Morgan fingerprint density at radius 3 is 1.31 bits per heavy atom. The van der Waals surface area contributed by atoms with E-state index in [4.69, 9.17) is 18.5 Å². The largest absolute Gasteiger partial charge is 0.756 e. The second-order valence-corrected chi connectivity index (χ2v) is 21.0. The van der Waals surface area contributed by atoms with E-state index in [1.54, 1.807) is 0 Å². The minimum atomic E-state index is -4.64. The van der Waals surface area contributed by atoms with Crippen LogP contribution in [0.25, 0.3) is 0 Å². The van der Waals surface area contributed by atoms with Gasteiger partial charge < -0.3 is 27.9 Å². The molecule has 0 aliphatic rings. The smallest absolute Gasteiger partial charge is 0.306 e. The summed E-state index contributed by atoms with van der Waals surface area (Å²) in [6, 6.07) is 0. The lowest BCUT2D eigenvalue weighted by molar-refractivity contribution is -0.870. The number of quaternary nitrogens is 1. The molecular weight excluding hydrogens is 834 g/mol. The van der Waals surface area contributed by atoms with E-state index in [-0.39, 0.29) is 32.0 Å². The zero-order chi connectivity index (χ0) is 47.8. The van der Waals surface area contributed by atoms with Crippen molar-refractivity contribution in [3.8, 4) is 0 Å². The summed E-state index contributed by atoms with van der Waals surface area (Å²) in [6.07, 6.45) is 56.4. The number of unbranched alkanes of at least 4 members (excludes halogenated alkanes) is 30. The number of phosphoric acid groups is 1. The molecule has 0 spiro atoms. The Bertz CT molecular complexity index is 1200. The van der Waals surface area contributed by atoms with Gasteiger partial charge in [0.1, 0.15) is 19.8 Å². The summed E-state index contributed by atoms with van der Waals surface area (Å²) in [5.74, 6) is -0.859. The molecule has 0 bridgehead atoms. The van der Waals surface area contributed by atoms with Crippen LogP contribution in [-0.4, -0.2) is 70.0 Å². The van der Waals surface area contributed by atoms with Crippen molar-refractivity contribution in [1.29, 1.82) is 0 Å². The maximum absolute atomic E-state index is 12.7. The van der Waals surface area contributed by atoms with Crippen molar-refractivity contribution in [1.82, 2.24) is 0 Å². The average Bonchev–Trinajstić information content (AvgIpc) is 3.26. The van der Waals surface area contributed by atoms with Gasteiger partial charge in [-0.15, -0.1) is 0 Å². The van der Waals surface area contributed by atoms with Crippen molar-refractivity contribution in [2.75, 3.05) is 47.5 Å². The third kappa shape index (κ3) is 51.5. The van der Waals surface area contributed by atoms with E-state index in [2.05, 4.69) is 50.3 Å². The van der Waals surface area contributed by atoms with E-state index in [1.807, 2.05) is 21.1 Å². The summed E-state index contributed by atoms with van der Waals surface area (Å²) in [6.45, 7) is 4.11. The van der Waals surface area contributed by atoms with Crippen LogP contribution in [0, 0.1) is 0 Å². The predicted molar refractivity (Wildman–Crippen MR) is 273 cm³/mol. The first-order chi connectivity index (χ1) is 31.5. The number of phosphoric ester groups is 1. The fraction of sp³-hybridized carbons (Fsp3) is 0.855. The zero-order valence-electron chi connectivity index (χ0n) is 43.2. The van der Waals surface area contributed by atoms with Crippen LogP contribution in [0.2, 0.25) is 0 Å². The Morgan fingerprint density at radius 1 is 0.492 bits per heavy atom. The SMILES string of the molecule is CC/C=C\C/C=C\C/C=C\CCCCCC(=O)OC(COC(=O)CCCCCCCCCCCCCCCCCCCCCCCCCCCCCC)COP(=O)([O-])OCC[N+](C)(C)C. The predicted octanol–water partition coefficient (Wildman–Crippen LogP) is 15.8. The molecule has 65 heavy (non-hydrogen) atoms. The molecule has 2 atom stereocenters. The quantitative estimate of drug-likeness (QED) is 0.0195. The van der Waals surface area contributed by atoms with Gasteiger partial charge in [-0.25, -0.2) is 0 Å². The molecule has 9 nitrogen and oxygen atoms in total. The lowest BCUT2D eigenvalue weighted by Gasteiger charge is -2.28. The molecule has 0 N–H and O–H groups in total. The van der Waals surface area contributed by atoms with E-state index < -0.39 is 26.5 Å². The number of esters is 2. The van der Waals surface area contributed by atoms with Crippen LogP contribution in [0.5, 0.6) is 0 Å². The maximum Gasteiger partial charge on any atom is 0.306 e.